The lowest BCUT2D eigenvalue weighted by Crippen LogP contribution is -2.08. The van der Waals surface area contributed by atoms with Crippen LogP contribution in [0.15, 0.2) is 42.5 Å². The van der Waals surface area contributed by atoms with E-state index in [9.17, 15) is 14.7 Å². The van der Waals surface area contributed by atoms with E-state index in [4.69, 9.17) is 5.11 Å². The number of hydrogen-bond acceptors (Lipinski definition) is 3. The van der Waals surface area contributed by atoms with Crippen molar-refractivity contribution in [2.24, 2.45) is 0 Å². The van der Waals surface area contributed by atoms with Crippen molar-refractivity contribution >= 4 is 17.6 Å². The van der Waals surface area contributed by atoms with Gasteiger partial charge in [0.2, 0.25) is 5.91 Å². The number of aromatic carboxylic acids is 1. The molecule has 0 atom stereocenters. The maximum atomic E-state index is 11.4. The Kier molecular flexibility index (Phi) is 4.68. The van der Waals surface area contributed by atoms with Crippen molar-refractivity contribution in [2.75, 3.05) is 5.32 Å². The van der Waals surface area contributed by atoms with E-state index >= 15 is 0 Å². The van der Waals surface area contributed by atoms with Crippen LogP contribution in [-0.2, 0) is 4.79 Å². The second kappa shape index (κ2) is 6.24. The molecule has 1 aromatic rings. The molecule has 0 saturated heterocycles. The van der Waals surface area contributed by atoms with E-state index in [1.807, 2.05) is 6.92 Å². The number of phenols is 1. The average molecular weight is 247 g/mol. The number of carbonyl (C=O) groups excluding carboxylic acids is 1. The monoisotopic (exact) mass is 247 g/mol. The van der Waals surface area contributed by atoms with Crippen LogP contribution in [0.5, 0.6) is 5.75 Å². The Bertz CT molecular complexity index is 518. The molecule has 18 heavy (non-hydrogen) atoms. The Morgan fingerprint density at radius 2 is 2.00 bits per heavy atom. The quantitative estimate of drug-likeness (QED) is 0.432. The number of carboxylic acid groups (broad SMARTS) is 1. The summed E-state index contributed by atoms with van der Waals surface area (Å²) in [7, 11) is 0. The predicted molar refractivity (Wildman–Crippen MR) is 67.6 cm³/mol. The van der Waals surface area contributed by atoms with E-state index in [2.05, 4.69) is 5.32 Å². The van der Waals surface area contributed by atoms with Crippen LogP contribution in [0.1, 0.15) is 17.3 Å². The van der Waals surface area contributed by atoms with Crippen molar-refractivity contribution in [3.05, 3.63) is 48.1 Å². The van der Waals surface area contributed by atoms with Crippen LogP contribution in [0.25, 0.3) is 0 Å². The van der Waals surface area contributed by atoms with Crippen LogP contribution in [0.3, 0.4) is 0 Å². The first-order chi connectivity index (χ1) is 8.54. The molecule has 0 aliphatic rings. The van der Waals surface area contributed by atoms with Crippen molar-refractivity contribution in [2.45, 2.75) is 6.92 Å². The fourth-order valence-electron chi connectivity index (χ4n) is 1.20. The Morgan fingerprint density at radius 1 is 1.28 bits per heavy atom. The number of allylic oxidation sites excluding steroid dienone is 3. The molecule has 0 fully saturated rings. The highest BCUT2D eigenvalue weighted by atomic mass is 16.4. The molecule has 0 aromatic heterocycles. The van der Waals surface area contributed by atoms with Gasteiger partial charge in [-0.1, -0.05) is 18.2 Å². The minimum Gasteiger partial charge on any atom is -0.506 e. The third kappa shape index (κ3) is 3.79. The number of aromatic hydroxyl groups is 1. The zero-order valence-electron chi connectivity index (χ0n) is 9.75. The predicted octanol–water partition coefficient (Wildman–Crippen LogP) is 2.16. The van der Waals surface area contributed by atoms with Crippen molar-refractivity contribution in [3.63, 3.8) is 0 Å². The first-order valence-electron chi connectivity index (χ1n) is 5.21. The second-order valence-corrected chi connectivity index (χ2v) is 3.41. The topological polar surface area (TPSA) is 86.6 Å². The highest BCUT2D eigenvalue weighted by molar-refractivity contribution is 6.01. The fourth-order valence-corrected chi connectivity index (χ4v) is 1.20. The van der Waals surface area contributed by atoms with Gasteiger partial charge in [0.05, 0.1) is 11.3 Å². The SMILES string of the molecule is C/C=C/C=C/C(=O)Nc1ccc(C(=O)O)cc1O. The van der Waals surface area contributed by atoms with Gasteiger partial charge in [-0.3, -0.25) is 4.79 Å². The van der Waals surface area contributed by atoms with Gasteiger partial charge in [0.25, 0.3) is 0 Å². The number of carbonyl (C=O) groups is 2. The normalized spacial score (nSPS) is 10.9. The van der Waals surface area contributed by atoms with E-state index in [1.54, 1.807) is 18.2 Å². The Hall–Kier alpha value is -2.56. The minimum absolute atomic E-state index is 0.0463. The van der Waals surface area contributed by atoms with Gasteiger partial charge in [0.1, 0.15) is 5.75 Å². The summed E-state index contributed by atoms with van der Waals surface area (Å²) in [6.45, 7) is 1.82. The maximum absolute atomic E-state index is 11.4. The number of hydrogen-bond donors (Lipinski definition) is 3. The van der Waals surface area contributed by atoms with Crippen LogP contribution in [0.4, 0.5) is 5.69 Å². The standard InChI is InChI=1S/C13H13NO4/c1-2-3-4-5-12(16)14-10-7-6-9(13(17)18)8-11(10)15/h2-8,15H,1H3,(H,14,16)(H,17,18)/b3-2+,5-4+. The Labute approximate surface area is 104 Å². The van der Waals surface area contributed by atoms with Crippen LogP contribution in [-0.4, -0.2) is 22.1 Å². The molecular weight excluding hydrogens is 234 g/mol. The average Bonchev–Trinajstić information content (AvgIpc) is 2.32. The van der Waals surface area contributed by atoms with Gasteiger partial charge >= 0.3 is 5.97 Å². The Morgan fingerprint density at radius 3 is 2.56 bits per heavy atom. The number of amides is 1. The van der Waals surface area contributed by atoms with Gasteiger partial charge in [-0.15, -0.1) is 0 Å². The number of benzene rings is 1. The summed E-state index contributed by atoms with van der Waals surface area (Å²) < 4.78 is 0. The molecule has 0 saturated carbocycles. The Balaban J connectivity index is 2.79. The maximum Gasteiger partial charge on any atom is 0.335 e. The summed E-state index contributed by atoms with van der Waals surface area (Å²) >= 11 is 0. The van der Waals surface area contributed by atoms with Gasteiger partial charge < -0.3 is 15.5 Å². The molecule has 0 radical (unpaired) electrons. The molecule has 5 heteroatoms. The zero-order chi connectivity index (χ0) is 13.5. The van der Waals surface area contributed by atoms with E-state index in [-0.39, 0.29) is 17.0 Å². The number of phenolic OH excluding ortho intramolecular Hbond substituents is 1. The number of nitrogens with one attached hydrogen (secondary N) is 1. The summed E-state index contributed by atoms with van der Waals surface area (Å²) in [5, 5.41) is 20.7. The third-order valence-corrected chi connectivity index (χ3v) is 2.05. The molecule has 0 spiro atoms. The van der Waals surface area contributed by atoms with Gasteiger partial charge in [-0.25, -0.2) is 4.79 Å². The van der Waals surface area contributed by atoms with Crippen molar-refractivity contribution in [3.8, 4) is 5.75 Å². The van der Waals surface area contributed by atoms with E-state index < -0.39 is 11.9 Å². The molecule has 1 amide bonds. The summed E-state index contributed by atoms with van der Waals surface area (Å²) in [5.41, 5.74) is 0.116. The van der Waals surface area contributed by atoms with Crippen LogP contribution < -0.4 is 5.32 Å². The second-order valence-electron chi connectivity index (χ2n) is 3.41. The third-order valence-electron chi connectivity index (χ3n) is 2.05. The molecule has 5 nitrogen and oxygen atoms in total. The molecule has 94 valence electrons. The smallest absolute Gasteiger partial charge is 0.335 e. The molecule has 0 heterocycles. The highest BCUT2D eigenvalue weighted by Crippen LogP contribution is 2.24. The first kappa shape index (κ1) is 13.5. The fraction of sp³-hybridized carbons (Fsp3) is 0.0769. The zero-order valence-corrected chi connectivity index (χ0v) is 9.75. The van der Waals surface area contributed by atoms with E-state index in [1.165, 1.54) is 18.2 Å². The summed E-state index contributed by atoms with van der Waals surface area (Å²) in [5.74, 6) is -1.84. The lowest BCUT2D eigenvalue weighted by molar-refractivity contribution is -0.111. The molecule has 0 aliphatic carbocycles. The lowest BCUT2D eigenvalue weighted by atomic mass is 10.2. The number of carboxylic acids is 1. The van der Waals surface area contributed by atoms with Gasteiger partial charge in [0, 0.05) is 6.08 Å². The minimum atomic E-state index is -1.14. The van der Waals surface area contributed by atoms with Gasteiger partial charge in [-0.2, -0.15) is 0 Å². The van der Waals surface area contributed by atoms with Crippen molar-refractivity contribution in [1.82, 2.24) is 0 Å². The van der Waals surface area contributed by atoms with Crippen molar-refractivity contribution < 1.29 is 19.8 Å². The number of anilines is 1. The van der Waals surface area contributed by atoms with Gasteiger partial charge in [-0.05, 0) is 25.1 Å². The molecule has 1 rings (SSSR count). The van der Waals surface area contributed by atoms with Crippen molar-refractivity contribution in [1.29, 1.82) is 0 Å². The van der Waals surface area contributed by atoms with Crippen LogP contribution in [0.2, 0.25) is 0 Å². The highest BCUT2D eigenvalue weighted by Gasteiger charge is 2.08. The van der Waals surface area contributed by atoms with Crippen LogP contribution >= 0.6 is 0 Å². The molecule has 1 aromatic carbocycles. The first-order valence-corrected chi connectivity index (χ1v) is 5.21. The molecule has 3 N–H and O–H groups in total. The molecule has 0 unspecified atom stereocenters. The number of rotatable bonds is 4. The lowest BCUT2D eigenvalue weighted by Gasteiger charge is -2.05. The van der Waals surface area contributed by atoms with E-state index in [0.29, 0.717) is 0 Å². The molecule has 0 aliphatic heterocycles. The summed E-state index contributed by atoms with van der Waals surface area (Å²) in [4.78, 5) is 22.0. The largest absolute Gasteiger partial charge is 0.506 e. The molecule has 0 bridgehead atoms. The summed E-state index contributed by atoms with van der Waals surface area (Å²) in [6.07, 6.45) is 6.30. The van der Waals surface area contributed by atoms with E-state index in [0.717, 1.165) is 6.07 Å². The summed E-state index contributed by atoms with van der Waals surface area (Å²) in [6, 6.07) is 3.71. The van der Waals surface area contributed by atoms with Gasteiger partial charge in [0.15, 0.2) is 0 Å². The van der Waals surface area contributed by atoms with Crippen LogP contribution in [0, 0.1) is 0 Å². The molecular formula is C13H13NO4.